The molecule has 4 nitrogen and oxygen atoms in total. The molecule has 1 N–H and O–H groups in total. The van der Waals surface area contributed by atoms with Gasteiger partial charge in [-0.1, -0.05) is 48.5 Å². The van der Waals surface area contributed by atoms with Gasteiger partial charge in [0.2, 0.25) is 5.91 Å². The number of thiazole rings is 1. The smallest absolute Gasteiger partial charge is 0.226 e. The largest absolute Gasteiger partial charge is 0.355 e. The molecule has 0 aliphatic carbocycles. The standard InChI is InChI=1S/C22H20FN3OS2/c23-19-9-5-4-8-17(19)14-28-11-10-24-21(27)12-18-15-29-22-25-20(13-26(18)22)16-6-2-1-3-7-16/h1-9,13,15H,10-12,14H2,(H,24,27). The average molecular weight is 426 g/mol. The number of carbonyl (C=O) groups is 1. The van der Waals surface area contributed by atoms with Crippen molar-refractivity contribution < 1.29 is 9.18 Å². The number of hydrogen-bond acceptors (Lipinski definition) is 4. The Labute approximate surface area is 176 Å². The van der Waals surface area contributed by atoms with E-state index in [4.69, 9.17) is 0 Å². The Morgan fingerprint density at radius 2 is 1.93 bits per heavy atom. The van der Waals surface area contributed by atoms with Crippen LogP contribution in [0.2, 0.25) is 0 Å². The number of halogens is 1. The van der Waals surface area contributed by atoms with Gasteiger partial charge in [-0.25, -0.2) is 9.37 Å². The van der Waals surface area contributed by atoms with Crippen LogP contribution in [0.5, 0.6) is 0 Å². The van der Waals surface area contributed by atoms with E-state index in [1.165, 1.54) is 17.4 Å². The molecule has 0 atom stereocenters. The molecule has 7 heteroatoms. The quantitative estimate of drug-likeness (QED) is 0.413. The second-order valence-corrected chi connectivity index (χ2v) is 8.48. The molecular weight excluding hydrogens is 405 g/mol. The summed E-state index contributed by atoms with van der Waals surface area (Å²) >= 11 is 3.14. The maximum Gasteiger partial charge on any atom is 0.226 e. The number of nitrogens with one attached hydrogen (secondary N) is 1. The van der Waals surface area contributed by atoms with Crippen molar-refractivity contribution in [3.05, 3.63) is 83.2 Å². The molecule has 0 unspecified atom stereocenters. The lowest BCUT2D eigenvalue weighted by molar-refractivity contribution is -0.120. The van der Waals surface area contributed by atoms with E-state index in [9.17, 15) is 9.18 Å². The third kappa shape index (κ3) is 4.86. The first-order valence-electron chi connectivity index (χ1n) is 9.29. The van der Waals surface area contributed by atoms with Crippen molar-refractivity contribution in [2.24, 2.45) is 0 Å². The number of thioether (sulfide) groups is 1. The molecule has 0 fully saturated rings. The van der Waals surface area contributed by atoms with Gasteiger partial charge in [0.25, 0.3) is 0 Å². The number of carbonyl (C=O) groups excluding carboxylic acids is 1. The van der Waals surface area contributed by atoms with E-state index in [1.807, 2.05) is 52.4 Å². The van der Waals surface area contributed by atoms with Crippen LogP contribution in [0, 0.1) is 5.82 Å². The van der Waals surface area contributed by atoms with E-state index in [0.717, 1.165) is 27.7 Å². The molecule has 2 aromatic heterocycles. The van der Waals surface area contributed by atoms with Gasteiger partial charge in [0.1, 0.15) is 5.82 Å². The Hall–Kier alpha value is -2.64. The summed E-state index contributed by atoms with van der Waals surface area (Å²) in [5.74, 6) is 1.14. The van der Waals surface area contributed by atoms with E-state index in [1.54, 1.807) is 23.9 Å². The van der Waals surface area contributed by atoms with E-state index in [2.05, 4.69) is 10.3 Å². The summed E-state index contributed by atoms with van der Waals surface area (Å²) in [6, 6.07) is 16.8. The first kappa shape index (κ1) is 19.7. The van der Waals surface area contributed by atoms with Crippen LogP contribution < -0.4 is 5.32 Å². The summed E-state index contributed by atoms with van der Waals surface area (Å²) in [6.07, 6.45) is 2.29. The number of benzene rings is 2. The minimum Gasteiger partial charge on any atom is -0.355 e. The van der Waals surface area contributed by atoms with Crippen molar-refractivity contribution in [1.82, 2.24) is 14.7 Å². The van der Waals surface area contributed by atoms with Crippen LogP contribution in [-0.4, -0.2) is 27.6 Å². The lowest BCUT2D eigenvalue weighted by Crippen LogP contribution is -2.27. The zero-order chi connectivity index (χ0) is 20.1. The second-order valence-electron chi connectivity index (χ2n) is 6.54. The Bertz CT molecular complexity index is 1110. The minimum absolute atomic E-state index is 0.0221. The number of aromatic nitrogens is 2. The zero-order valence-corrected chi connectivity index (χ0v) is 17.3. The number of nitrogens with zero attached hydrogens (tertiary/aromatic N) is 2. The van der Waals surface area contributed by atoms with Crippen molar-refractivity contribution in [2.45, 2.75) is 12.2 Å². The first-order valence-corrected chi connectivity index (χ1v) is 11.3. The molecule has 29 heavy (non-hydrogen) atoms. The third-order valence-electron chi connectivity index (χ3n) is 4.48. The molecule has 0 spiro atoms. The van der Waals surface area contributed by atoms with Crippen LogP contribution in [0.15, 0.2) is 66.2 Å². The highest BCUT2D eigenvalue weighted by Gasteiger charge is 2.12. The van der Waals surface area contributed by atoms with Gasteiger partial charge in [-0.15, -0.1) is 11.3 Å². The number of hydrogen-bond donors (Lipinski definition) is 1. The fourth-order valence-electron chi connectivity index (χ4n) is 2.99. The molecule has 2 heterocycles. The molecule has 0 radical (unpaired) electrons. The fourth-order valence-corrected chi connectivity index (χ4v) is 4.71. The summed E-state index contributed by atoms with van der Waals surface area (Å²) in [5.41, 5.74) is 3.59. The van der Waals surface area contributed by atoms with Gasteiger partial charge >= 0.3 is 0 Å². The third-order valence-corrected chi connectivity index (χ3v) is 6.38. The van der Waals surface area contributed by atoms with Gasteiger partial charge in [0.05, 0.1) is 12.1 Å². The SMILES string of the molecule is O=C(Cc1csc2nc(-c3ccccc3)cn12)NCCSCc1ccccc1F. The van der Waals surface area contributed by atoms with Crippen molar-refractivity contribution in [3.8, 4) is 11.3 Å². The van der Waals surface area contributed by atoms with Crippen LogP contribution >= 0.6 is 23.1 Å². The molecule has 1 amide bonds. The Kier molecular flexibility index (Phi) is 6.27. The number of rotatable bonds is 8. The van der Waals surface area contributed by atoms with Crippen LogP contribution in [0.25, 0.3) is 16.2 Å². The predicted molar refractivity (Wildman–Crippen MR) is 118 cm³/mol. The summed E-state index contributed by atoms with van der Waals surface area (Å²) in [6.45, 7) is 0.560. The Morgan fingerprint density at radius 3 is 2.76 bits per heavy atom. The van der Waals surface area contributed by atoms with Gasteiger partial charge in [0, 0.05) is 40.9 Å². The van der Waals surface area contributed by atoms with E-state index in [0.29, 0.717) is 24.3 Å². The molecule has 0 saturated heterocycles. The summed E-state index contributed by atoms with van der Waals surface area (Å²) in [4.78, 5) is 17.8. The van der Waals surface area contributed by atoms with Gasteiger partial charge in [-0.05, 0) is 11.6 Å². The van der Waals surface area contributed by atoms with Crippen LogP contribution in [0.1, 0.15) is 11.3 Å². The molecule has 148 valence electrons. The average Bonchev–Trinajstić information content (AvgIpc) is 3.32. The number of amides is 1. The lowest BCUT2D eigenvalue weighted by Gasteiger charge is -2.06. The maximum atomic E-state index is 13.6. The van der Waals surface area contributed by atoms with Gasteiger partial charge < -0.3 is 5.32 Å². The molecule has 0 saturated carbocycles. The highest BCUT2D eigenvalue weighted by atomic mass is 32.2. The molecule has 4 aromatic rings. The summed E-state index contributed by atoms with van der Waals surface area (Å²) in [5, 5.41) is 4.92. The molecular formula is C22H20FN3OS2. The predicted octanol–water partition coefficient (Wildman–Crippen LogP) is 4.79. The highest BCUT2D eigenvalue weighted by molar-refractivity contribution is 7.98. The van der Waals surface area contributed by atoms with E-state index >= 15 is 0 Å². The van der Waals surface area contributed by atoms with Crippen molar-refractivity contribution in [2.75, 3.05) is 12.3 Å². The van der Waals surface area contributed by atoms with E-state index in [-0.39, 0.29) is 11.7 Å². The van der Waals surface area contributed by atoms with Crippen LogP contribution in [0.3, 0.4) is 0 Å². The van der Waals surface area contributed by atoms with Crippen molar-refractivity contribution in [3.63, 3.8) is 0 Å². The molecule has 0 aliphatic rings. The van der Waals surface area contributed by atoms with Gasteiger partial charge in [-0.2, -0.15) is 11.8 Å². The maximum absolute atomic E-state index is 13.6. The van der Waals surface area contributed by atoms with E-state index < -0.39 is 0 Å². The van der Waals surface area contributed by atoms with Crippen LogP contribution in [-0.2, 0) is 17.0 Å². The van der Waals surface area contributed by atoms with Gasteiger partial charge in [0.15, 0.2) is 4.96 Å². The monoisotopic (exact) mass is 425 g/mol. The first-order chi connectivity index (χ1) is 14.2. The fraction of sp³-hybridized carbons (Fsp3) is 0.182. The van der Waals surface area contributed by atoms with Crippen LogP contribution in [0.4, 0.5) is 4.39 Å². The van der Waals surface area contributed by atoms with Gasteiger partial charge in [-0.3, -0.25) is 9.20 Å². The molecule has 0 bridgehead atoms. The summed E-state index contributed by atoms with van der Waals surface area (Å²) < 4.78 is 15.6. The number of fused-ring (bicyclic) bond motifs is 1. The summed E-state index contributed by atoms with van der Waals surface area (Å²) in [7, 11) is 0. The highest BCUT2D eigenvalue weighted by Crippen LogP contribution is 2.23. The molecule has 2 aromatic carbocycles. The zero-order valence-electron chi connectivity index (χ0n) is 15.7. The normalized spacial score (nSPS) is 11.1. The Balaban J connectivity index is 1.28. The van der Waals surface area contributed by atoms with Crippen molar-refractivity contribution >= 4 is 34.0 Å². The lowest BCUT2D eigenvalue weighted by atomic mass is 10.2. The minimum atomic E-state index is -0.180. The van der Waals surface area contributed by atoms with Crippen molar-refractivity contribution in [1.29, 1.82) is 0 Å². The second kappa shape index (κ2) is 9.24. The Morgan fingerprint density at radius 1 is 1.14 bits per heavy atom. The molecule has 4 rings (SSSR count). The number of imidazole rings is 1. The topological polar surface area (TPSA) is 46.4 Å². The molecule has 0 aliphatic heterocycles.